The molecule has 0 bridgehead atoms. The van der Waals surface area contributed by atoms with Crippen molar-refractivity contribution in [2.75, 3.05) is 29.1 Å². The molecular weight excluding hydrogens is 396 g/mol. The van der Waals surface area contributed by atoms with Gasteiger partial charge in [-0.3, -0.25) is 0 Å². The number of benzene rings is 1. The Morgan fingerprint density at radius 1 is 1.20 bits per heavy atom. The van der Waals surface area contributed by atoms with Gasteiger partial charge in [-0.25, -0.2) is 4.98 Å². The van der Waals surface area contributed by atoms with Gasteiger partial charge >= 0.3 is 0 Å². The third-order valence-electron chi connectivity index (χ3n) is 7.25. The normalized spacial score (nSPS) is 24.2. The first-order valence-corrected chi connectivity index (χ1v) is 12.5. The quantitative estimate of drug-likeness (QED) is 0.718. The number of aryl methyl sites for hydroxylation is 1. The van der Waals surface area contributed by atoms with Gasteiger partial charge in [-0.1, -0.05) is 18.2 Å². The molecule has 6 rings (SSSR count). The number of nitrogens with zero attached hydrogens (tertiary/aromatic N) is 3. The Morgan fingerprint density at radius 2 is 2.07 bits per heavy atom. The second kappa shape index (κ2) is 7.11. The summed E-state index contributed by atoms with van der Waals surface area (Å²) in [5.41, 5.74) is 4.91. The number of hydrogen-bond acceptors (Lipinski definition) is 6. The van der Waals surface area contributed by atoms with Crippen LogP contribution in [-0.4, -0.2) is 44.1 Å². The molecule has 3 heterocycles. The maximum absolute atomic E-state index is 12.6. The van der Waals surface area contributed by atoms with Crippen LogP contribution in [0, 0.1) is 0 Å². The van der Waals surface area contributed by atoms with Crippen LogP contribution in [0.1, 0.15) is 60.4 Å². The minimum Gasteiger partial charge on any atom is -0.611 e. The van der Waals surface area contributed by atoms with Crippen LogP contribution in [0.5, 0.6) is 0 Å². The van der Waals surface area contributed by atoms with Crippen LogP contribution in [0.3, 0.4) is 0 Å². The van der Waals surface area contributed by atoms with Crippen molar-refractivity contribution in [3.05, 3.63) is 40.6 Å². The Hall–Kier alpha value is -1.83. The average Bonchev–Trinajstić information content (AvgIpc) is 3.53. The van der Waals surface area contributed by atoms with Crippen molar-refractivity contribution in [2.45, 2.75) is 67.8 Å². The summed E-state index contributed by atoms with van der Waals surface area (Å²) in [6.45, 7) is 1.79. The molecule has 2 aromatic rings. The lowest BCUT2D eigenvalue weighted by atomic mass is 9.77. The fraction of sp³-hybridized carbons (Fsp3) is 0.565. The van der Waals surface area contributed by atoms with E-state index in [1.165, 1.54) is 29.5 Å². The molecule has 1 atom stereocenters. The first-order valence-electron chi connectivity index (χ1n) is 11.2. The number of aromatic nitrogens is 2. The molecule has 1 aromatic heterocycles. The van der Waals surface area contributed by atoms with Gasteiger partial charge in [-0.15, -0.1) is 0 Å². The highest BCUT2D eigenvalue weighted by Gasteiger charge is 2.41. The largest absolute Gasteiger partial charge is 0.611 e. The van der Waals surface area contributed by atoms with Gasteiger partial charge < -0.3 is 19.9 Å². The highest BCUT2D eigenvalue weighted by atomic mass is 32.2. The number of aliphatic hydroxyl groups is 1. The lowest BCUT2D eigenvalue weighted by Gasteiger charge is -2.41. The van der Waals surface area contributed by atoms with Crippen molar-refractivity contribution >= 4 is 22.9 Å². The van der Waals surface area contributed by atoms with E-state index >= 15 is 0 Å². The highest BCUT2D eigenvalue weighted by Crippen LogP contribution is 2.42. The van der Waals surface area contributed by atoms with Crippen molar-refractivity contribution < 1.29 is 9.66 Å². The van der Waals surface area contributed by atoms with Crippen molar-refractivity contribution in [2.24, 2.45) is 0 Å². The standard InChI is InChI=1S/C23H28N4O2S/c28-14-23(8-1-9-23)26-21-20-19(7-11-30(20)29)24-22(25-21)27-10-6-17-12-16(15-2-3-15)4-5-18(17)13-27/h4-5,12,15,28H,1-3,6-11,13-14H2,(H,24,25,26)/t30-/m1/s1. The average molecular weight is 425 g/mol. The Morgan fingerprint density at radius 3 is 2.80 bits per heavy atom. The molecule has 7 heteroatoms. The third kappa shape index (κ3) is 3.18. The summed E-state index contributed by atoms with van der Waals surface area (Å²) in [5.74, 6) is 2.79. The fourth-order valence-electron chi connectivity index (χ4n) is 5.00. The van der Waals surface area contributed by atoms with Crippen molar-refractivity contribution in [1.29, 1.82) is 0 Å². The van der Waals surface area contributed by atoms with Crippen molar-refractivity contribution in [1.82, 2.24) is 9.97 Å². The molecule has 2 aliphatic carbocycles. The first-order chi connectivity index (χ1) is 14.6. The van der Waals surface area contributed by atoms with Gasteiger partial charge in [-0.05, 0) is 72.3 Å². The topological polar surface area (TPSA) is 84.3 Å². The summed E-state index contributed by atoms with van der Waals surface area (Å²) < 4.78 is 12.6. The molecule has 0 spiro atoms. The predicted molar refractivity (Wildman–Crippen MR) is 117 cm³/mol. The SMILES string of the molecule is [O-][S@+]1CCc2nc(N3CCc4cc(C5CC5)ccc4C3)nc(NC3(CO)CCC3)c21. The summed E-state index contributed by atoms with van der Waals surface area (Å²) in [7, 11) is 0. The minimum absolute atomic E-state index is 0.0775. The second-order valence-corrected chi connectivity index (χ2v) is 10.8. The smallest absolute Gasteiger partial charge is 0.228 e. The molecule has 30 heavy (non-hydrogen) atoms. The summed E-state index contributed by atoms with van der Waals surface area (Å²) >= 11 is -1.06. The van der Waals surface area contributed by atoms with Crippen LogP contribution in [0.2, 0.25) is 0 Å². The molecule has 2 N–H and O–H groups in total. The molecule has 4 aliphatic rings. The van der Waals surface area contributed by atoms with E-state index in [4.69, 9.17) is 9.97 Å². The molecule has 0 radical (unpaired) electrons. The summed E-state index contributed by atoms with van der Waals surface area (Å²) in [4.78, 5) is 12.7. The van der Waals surface area contributed by atoms with Crippen LogP contribution >= 0.6 is 0 Å². The summed E-state index contributed by atoms with van der Waals surface area (Å²) in [6.07, 6.45) is 7.34. The van der Waals surface area contributed by atoms with Gasteiger partial charge in [0.15, 0.2) is 5.82 Å². The molecule has 2 aliphatic heterocycles. The van der Waals surface area contributed by atoms with Crippen LogP contribution in [0.4, 0.5) is 11.8 Å². The number of rotatable bonds is 5. The predicted octanol–water partition coefficient (Wildman–Crippen LogP) is 2.91. The highest BCUT2D eigenvalue weighted by molar-refractivity contribution is 7.91. The number of fused-ring (bicyclic) bond motifs is 2. The Labute approximate surface area is 180 Å². The van der Waals surface area contributed by atoms with Gasteiger partial charge in [0.1, 0.15) is 11.4 Å². The molecule has 158 valence electrons. The monoisotopic (exact) mass is 424 g/mol. The lowest BCUT2D eigenvalue weighted by Crippen LogP contribution is -2.49. The van der Waals surface area contributed by atoms with E-state index in [2.05, 4.69) is 28.4 Å². The minimum atomic E-state index is -1.06. The Balaban J connectivity index is 1.31. The molecule has 0 saturated heterocycles. The van der Waals surface area contributed by atoms with Gasteiger partial charge in [0, 0.05) is 19.5 Å². The zero-order valence-electron chi connectivity index (χ0n) is 17.2. The number of nitrogens with one attached hydrogen (secondary N) is 1. The van der Waals surface area contributed by atoms with Crippen molar-refractivity contribution in [3.8, 4) is 0 Å². The van der Waals surface area contributed by atoms with Crippen LogP contribution in [0.15, 0.2) is 23.1 Å². The van der Waals surface area contributed by atoms with E-state index < -0.39 is 11.2 Å². The van der Waals surface area contributed by atoms with E-state index in [1.807, 2.05) is 0 Å². The van der Waals surface area contributed by atoms with Crippen LogP contribution in [-0.2, 0) is 30.6 Å². The maximum atomic E-state index is 12.6. The third-order valence-corrected chi connectivity index (χ3v) is 8.71. The zero-order chi connectivity index (χ0) is 20.3. The number of aliphatic hydroxyl groups excluding tert-OH is 1. The molecule has 2 saturated carbocycles. The molecule has 1 aromatic carbocycles. The van der Waals surface area contributed by atoms with Gasteiger partial charge in [0.05, 0.1) is 12.1 Å². The van der Waals surface area contributed by atoms with Gasteiger partial charge in [0.25, 0.3) is 0 Å². The van der Waals surface area contributed by atoms with Crippen LogP contribution < -0.4 is 10.2 Å². The zero-order valence-corrected chi connectivity index (χ0v) is 18.0. The molecule has 0 amide bonds. The molecule has 6 nitrogen and oxygen atoms in total. The first kappa shape index (κ1) is 18.9. The van der Waals surface area contributed by atoms with E-state index in [-0.39, 0.29) is 12.1 Å². The number of anilines is 2. The van der Waals surface area contributed by atoms with E-state index in [0.29, 0.717) is 11.6 Å². The van der Waals surface area contributed by atoms with Crippen molar-refractivity contribution in [3.63, 3.8) is 0 Å². The van der Waals surface area contributed by atoms with Gasteiger partial charge in [0.2, 0.25) is 10.8 Å². The van der Waals surface area contributed by atoms with Gasteiger partial charge in [-0.2, -0.15) is 4.98 Å². The molecule has 2 fully saturated rings. The lowest BCUT2D eigenvalue weighted by molar-refractivity contribution is 0.143. The fourth-order valence-corrected chi connectivity index (χ4v) is 6.31. The number of hydrogen-bond donors (Lipinski definition) is 2. The van der Waals surface area contributed by atoms with E-state index in [1.54, 1.807) is 0 Å². The summed E-state index contributed by atoms with van der Waals surface area (Å²) in [6, 6.07) is 6.98. The second-order valence-electron chi connectivity index (χ2n) is 9.34. The Bertz CT molecular complexity index is 984. The molecular formula is C23H28N4O2S. The van der Waals surface area contributed by atoms with E-state index in [9.17, 15) is 9.66 Å². The Kier molecular flexibility index (Phi) is 4.48. The maximum Gasteiger partial charge on any atom is 0.228 e. The van der Waals surface area contributed by atoms with E-state index in [0.717, 1.165) is 67.6 Å². The molecule has 0 unspecified atom stereocenters. The van der Waals surface area contributed by atoms with Crippen LogP contribution in [0.25, 0.3) is 0 Å². The summed E-state index contributed by atoms with van der Waals surface area (Å²) in [5, 5.41) is 13.4.